The predicted octanol–water partition coefficient (Wildman–Crippen LogP) is 3.12. The number of carbonyl (C=O) groups is 1. The van der Waals surface area contributed by atoms with Gasteiger partial charge in [0.1, 0.15) is 18.4 Å². The van der Waals surface area contributed by atoms with E-state index in [1.807, 2.05) is 6.07 Å². The first-order chi connectivity index (χ1) is 12.2. The fourth-order valence-corrected chi connectivity index (χ4v) is 3.18. The van der Waals surface area contributed by atoms with Gasteiger partial charge in [-0.15, -0.1) is 0 Å². The fourth-order valence-electron chi connectivity index (χ4n) is 3.18. The molecule has 3 aromatic rings. The number of furan rings is 1. The van der Waals surface area contributed by atoms with E-state index >= 15 is 0 Å². The molecule has 5 nitrogen and oxygen atoms in total. The van der Waals surface area contributed by atoms with E-state index in [2.05, 4.69) is 9.97 Å². The quantitative estimate of drug-likeness (QED) is 0.721. The molecular weight excluding hydrogens is 321 g/mol. The third kappa shape index (κ3) is 3.03. The lowest BCUT2D eigenvalue weighted by atomic mass is 10.0. The Labute approximate surface area is 144 Å². The SMILES string of the molecule is O=C(c1ccoc1)N1CCc2ncnc(-c3cccc(F)c3)c2CC1. The highest BCUT2D eigenvalue weighted by Gasteiger charge is 2.23. The fraction of sp³-hybridized carbons (Fsp3) is 0.211. The largest absolute Gasteiger partial charge is 0.472 e. The van der Waals surface area contributed by atoms with Crippen molar-refractivity contribution in [3.8, 4) is 11.3 Å². The molecule has 25 heavy (non-hydrogen) atoms. The van der Waals surface area contributed by atoms with Crippen LogP contribution in [0.1, 0.15) is 21.6 Å². The van der Waals surface area contributed by atoms with Gasteiger partial charge in [0.15, 0.2) is 0 Å². The van der Waals surface area contributed by atoms with E-state index in [1.54, 1.807) is 17.0 Å². The van der Waals surface area contributed by atoms with Crippen molar-refractivity contribution in [1.82, 2.24) is 14.9 Å². The summed E-state index contributed by atoms with van der Waals surface area (Å²) in [5.41, 5.74) is 3.91. The highest BCUT2D eigenvalue weighted by molar-refractivity contribution is 5.93. The van der Waals surface area contributed by atoms with Crippen molar-refractivity contribution in [3.05, 3.63) is 71.8 Å². The molecule has 0 N–H and O–H groups in total. The van der Waals surface area contributed by atoms with E-state index in [4.69, 9.17) is 4.42 Å². The van der Waals surface area contributed by atoms with Crippen LogP contribution in [0.2, 0.25) is 0 Å². The van der Waals surface area contributed by atoms with Crippen molar-refractivity contribution in [1.29, 1.82) is 0 Å². The number of amides is 1. The number of aromatic nitrogens is 2. The number of hydrogen-bond acceptors (Lipinski definition) is 4. The van der Waals surface area contributed by atoms with Gasteiger partial charge >= 0.3 is 0 Å². The number of benzene rings is 1. The van der Waals surface area contributed by atoms with E-state index in [-0.39, 0.29) is 11.7 Å². The molecule has 3 heterocycles. The van der Waals surface area contributed by atoms with Crippen molar-refractivity contribution in [3.63, 3.8) is 0 Å². The van der Waals surface area contributed by atoms with Gasteiger partial charge < -0.3 is 9.32 Å². The topological polar surface area (TPSA) is 59.2 Å². The van der Waals surface area contributed by atoms with Crippen molar-refractivity contribution >= 4 is 5.91 Å². The van der Waals surface area contributed by atoms with Crippen LogP contribution in [0.5, 0.6) is 0 Å². The second kappa shape index (κ2) is 6.47. The van der Waals surface area contributed by atoms with Crippen LogP contribution in [-0.4, -0.2) is 33.9 Å². The van der Waals surface area contributed by atoms with E-state index in [0.29, 0.717) is 31.5 Å². The van der Waals surface area contributed by atoms with Crippen molar-refractivity contribution in [2.75, 3.05) is 13.1 Å². The van der Waals surface area contributed by atoms with Crippen LogP contribution < -0.4 is 0 Å². The Morgan fingerprint density at radius 1 is 1.16 bits per heavy atom. The minimum Gasteiger partial charge on any atom is -0.472 e. The summed E-state index contributed by atoms with van der Waals surface area (Å²) in [5, 5.41) is 0. The summed E-state index contributed by atoms with van der Waals surface area (Å²) >= 11 is 0. The Hall–Kier alpha value is -3.02. The van der Waals surface area contributed by atoms with Gasteiger partial charge in [0, 0.05) is 36.3 Å². The van der Waals surface area contributed by atoms with Crippen molar-refractivity contribution in [2.45, 2.75) is 12.8 Å². The number of hydrogen-bond donors (Lipinski definition) is 0. The number of carbonyl (C=O) groups excluding carboxylic acids is 1. The average Bonchev–Trinajstić information content (AvgIpc) is 3.07. The highest BCUT2D eigenvalue weighted by Crippen LogP contribution is 2.26. The zero-order valence-corrected chi connectivity index (χ0v) is 13.5. The standard InChI is InChI=1S/C19H16FN3O2/c20-15-3-1-2-13(10-15)18-16-4-7-23(8-5-17(16)21-12-22-18)19(24)14-6-9-25-11-14/h1-3,6,9-12H,4-5,7-8H2. The minimum absolute atomic E-state index is 0.0539. The van der Waals surface area contributed by atoms with E-state index in [9.17, 15) is 9.18 Å². The normalized spacial score (nSPS) is 14.0. The van der Waals surface area contributed by atoms with Gasteiger partial charge in [-0.05, 0) is 24.6 Å². The molecular formula is C19H16FN3O2. The van der Waals surface area contributed by atoms with Gasteiger partial charge in [-0.2, -0.15) is 0 Å². The minimum atomic E-state index is -0.296. The first-order valence-electron chi connectivity index (χ1n) is 8.12. The molecule has 0 bridgehead atoms. The van der Waals surface area contributed by atoms with Gasteiger partial charge in [-0.3, -0.25) is 4.79 Å². The van der Waals surface area contributed by atoms with Crippen LogP contribution in [-0.2, 0) is 12.8 Å². The third-order valence-electron chi connectivity index (χ3n) is 4.44. The first-order valence-corrected chi connectivity index (χ1v) is 8.12. The van der Waals surface area contributed by atoms with Gasteiger partial charge in [0.25, 0.3) is 5.91 Å². The van der Waals surface area contributed by atoms with E-state index < -0.39 is 0 Å². The van der Waals surface area contributed by atoms with Crippen LogP contribution in [0.25, 0.3) is 11.3 Å². The Morgan fingerprint density at radius 2 is 2.04 bits per heavy atom. The summed E-state index contributed by atoms with van der Waals surface area (Å²) in [6, 6.07) is 8.06. The van der Waals surface area contributed by atoms with Crippen LogP contribution in [0.3, 0.4) is 0 Å². The zero-order valence-electron chi connectivity index (χ0n) is 13.5. The molecule has 1 aromatic carbocycles. The molecule has 2 aromatic heterocycles. The summed E-state index contributed by atoms with van der Waals surface area (Å²) in [6.45, 7) is 1.14. The zero-order chi connectivity index (χ0) is 17.2. The molecule has 0 radical (unpaired) electrons. The van der Waals surface area contributed by atoms with E-state index in [1.165, 1.54) is 31.0 Å². The van der Waals surface area contributed by atoms with Gasteiger partial charge in [-0.25, -0.2) is 14.4 Å². The highest BCUT2D eigenvalue weighted by atomic mass is 19.1. The second-order valence-electron chi connectivity index (χ2n) is 5.96. The molecule has 0 fully saturated rings. The molecule has 126 valence electrons. The molecule has 1 aliphatic rings. The smallest absolute Gasteiger partial charge is 0.257 e. The van der Waals surface area contributed by atoms with Gasteiger partial charge in [-0.1, -0.05) is 12.1 Å². The lowest BCUT2D eigenvalue weighted by Gasteiger charge is -2.19. The van der Waals surface area contributed by atoms with E-state index in [0.717, 1.165) is 22.5 Å². The van der Waals surface area contributed by atoms with Crippen LogP contribution in [0.4, 0.5) is 4.39 Å². The molecule has 6 heteroatoms. The summed E-state index contributed by atoms with van der Waals surface area (Å²) < 4.78 is 18.6. The Bertz CT molecular complexity index is 909. The maximum absolute atomic E-state index is 13.6. The molecule has 0 aliphatic carbocycles. The maximum atomic E-state index is 13.6. The molecule has 4 rings (SSSR count). The number of nitrogens with zero attached hydrogens (tertiary/aromatic N) is 3. The Morgan fingerprint density at radius 3 is 2.84 bits per heavy atom. The predicted molar refractivity (Wildman–Crippen MR) is 89.4 cm³/mol. The monoisotopic (exact) mass is 337 g/mol. The lowest BCUT2D eigenvalue weighted by Crippen LogP contribution is -2.33. The third-order valence-corrected chi connectivity index (χ3v) is 4.44. The molecule has 1 amide bonds. The number of fused-ring (bicyclic) bond motifs is 1. The lowest BCUT2D eigenvalue weighted by molar-refractivity contribution is 0.0762. The van der Waals surface area contributed by atoms with Gasteiger partial charge in [0.2, 0.25) is 0 Å². The molecule has 0 atom stereocenters. The second-order valence-corrected chi connectivity index (χ2v) is 5.96. The van der Waals surface area contributed by atoms with Crippen molar-refractivity contribution < 1.29 is 13.6 Å². The Kier molecular flexibility index (Phi) is 4.01. The van der Waals surface area contributed by atoms with Crippen LogP contribution >= 0.6 is 0 Å². The summed E-state index contributed by atoms with van der Waals surface area (Å²) in [6.07, 6.45) is 5.73. The number of halogens is 1. The molecule has 0 spiro atoms. The van der Waals surface area contributed by atoms with Gasteiger partial charge in [0.05, 0.1) is 17.5 Å². The summed E-state index contributed by atoms with van der Waals surface area (Å²) in [5.74, 6) is -0.350. The average molecular weight is 337 g/mol. The summed E-state index contributed by atoms with van der Waals surface area (Å²) in [7, 11) is 0. The van der Waals surface area contributed by atoms with Crippen LogP contribution in [0.15, 0.2) is 53.6 Å². The Balaban J connectivity index is 1.64. The summed E-state index contributed by atoms with van der Waals surface area (Å²) in [4.78, 5) is 23.1. The molecule has 0 unspecified atom stereocenters. The maximum Gasteiger partial charge on any atom is 0.257 e. The van der Waals surface area contributed by atoms with Crippen LogP contribution in [0, 0.1) is 5.82 Å². The first kappa shape index (κ1) is 15.5. The molecule has 0 saturated carbocycles. The molecule has 1 aliphatic heterocycles. The molecule has 0 saturated heterocycles. The number of rotatable bonds is 2. The van der Waals surface area contributed by atoms with Crippen molar-refractivity contribution in [2.24, 2.45) is 0 Å².